The van der Waals surface area contributed by atoms with Crippen LogP contribution in [0.2, 0.25) is 0 Å². The summed E-state index contributed by atoms with van der Waals surface area (Å²) in [5, 5.41) is 0. The van der Waals surface area contributed by atoms with Crippen molar-refractivity contribution in [3.05, 3.63) is 24.3 Å². The van der Waals surface area contributed by atoms with Gasteiger partial charge in [0.2, 0.25) is 5.91 Å². The van der Waals surface area contributed by atoms with Gasteiger partial charge in [-0.15, -0.1) is 0 Å². The first-order valence-electron chi connectivity index (χ1n) is 6.36. The zero-order chi connectivity index (χ0) is 13.1. The average Bonchev–Trinajstić information content (AvgIpc) is 2.38. The summed E-state index contributed by atoms with van der Waals surface area (Å²) in [5.41, 5.74) is 2.16. The quantitative estimate of drug-likeness (QED) is 0.791. The van der Waals surface area contributed by atoms with Crippen molar-refractivity contribution in [3.8, 4) is 0 Å². The van der Waals surface area contributed by atoms with Crippen LogP contribution >= 0.6 is 0 Å². The van der Waals surface area contributed by atoms with E-state index in [0.29, 0.717) is 0 Å². The van der Waals surface area contributed by atoms with Gasteiger partial charge in [-0.05, 0) is 25.2 Å². The fourth-order valence-corrected chi connectivity index (χ4v) is 2.14. The van der Waals surface area contributed by atoms with E-state index in [4.69, 9.17) is 0 Å². The van der Waals surface area contributed by atoms with Gasteiger partial charge >= 0.3 is 0 Å². The molecule has 0 spiro atoms. The number of likely N-dealkylation sites (N-methyl/N-ethyl adjacent to an activating group) is 1. The molecule has 0 radical (unpaired) electrons. The Labute approximate surface area is 109 Å². The summed E-state index contributed by atoms with van der Waals surface area (Å²) in [7, 11) is 3.96. The number of hydrogen-bond donors (Lipinski definition) is 0. The van der Waals surface area contributed by atoms with Gasteiger partial charge in [0.15, 0.2) is 0 Å². The summed E-state index contributed by atoms with van der Waals surface area (Å²) in [5.74, 6) is 0.0607. The van der Waals surface area contributed by atoms with E-state index in [0.717, 1.165) is 31.9 Å². The number of rotatable bonds is 2. The van der Waals surface area contributed by atoms with E-state index in [2.05, 4.69) is 29.0 Å². The molecule has 0 N–H and O–H groups in total. The molecule has 1 aromatic rings. The van der Waals surface area contributed by atoms with Gasteiger partial charge in [-0.3, -0.25) is 4.79 Å². The highest BCUT2D eigenvalue weighted by Crippen LogP contribution is 2.22. The Balaban J connectivity index is 2.14. The van der Waals surface area contributed by atoms with Gasteiger partial charge in [-0.2, -0.15) is 0 Å². The third-order valence-corrected chi connectivity index (χ3v) is 3.56. The minimum atomic E-state index is 0.0607. The molecule has 1 amide bonds. The lowest BCUT2D eigenvalue weighted by Crippen LogP contribution is -2.44. The van der Waals surface area contributed by atoms with Crippen LogP contribution in [0.4, 0.5) is 11.4 Å². The van der Waals surface area contributed by atoms with Crippen molar-refractivity contribution in [1.82, 2.24) is 4.90 Å². The number of carbonyl (C=O) groups excluding carboxylic acids is 1. The summed E-state index contributed by atoms with van der Waals surface area (Å²) in [6, 6.07) is 8.19. The predicted molar refractivity (Wildman–Crippen MR) is 75.2 cm³/mol. The van der Waals surface area contributed by atoms with E-state index in [1.807, 2.05) is 19.2 Å². The third kappa shape index (κ3) is 2.82. The molecular formula is C14H21N3O. The fraction of sp³-hybridized carbons (Fsp3) is 0.500. The minimum Gasteiger partial charge on any atom is -0.369 e. The van der Waals surface area contributed by atoms with Crippen molar-refractivity contribution < 1.29 is 4.79 Å². The van der Waals surface area contributed by atoms with Crippen molar-refractivity contribution in [2.45, 2.75) is 6.92 Å². The zero-order valence-corrected chi connectivity index (χ0v) is 11.4. The van der Waals surface area contributed by atoms with Crippen molar-refractivity contribution in [2.24, 2.45) is 0 Å². The average molecular weight is 247 g/mol. The van der Waals surface area contributed by atoms with Crippen LogP contribution in [-0.4, -0.2) is 51.1 Å². The Morgan fingerprint density at radius 1 is 1.22 bits per heavy atom. The number of carbonyl (C=O) groups is 1. The second kappa shape index (κ2) is 5.40. The highest BCUT2D eigenvalue weighted by molar-refractivity contribution is 5.91. The normalized spacial score (nSPS) is 16.7. The minimum absolute atomic E-state index is 0.0607. The molecule has 1 aliphatic rings. The van der Waals surface area contributed by atoms with Crippen molar-refractivity contribution in [1.29, 1.82) is 0 Å². The molecule has 0 saturated carbocycles. The number of amides is 1. The lowest BCUT2D eigenvalue weighted by atomic mass is 10.2. The van der Waals surface area contributed by atoms with Crippen molar-refractivity contribution >= 4 is 17.3 Å². The number of benzene rings is 1. The van der Waals surface area contributed by atoms with E-state index in [1.165, 1.54) is 5.69 Å². The number of hydrogen-bond acceptors (Lipinski definition) is 3. The van der Waals surface area contributed by atoms with Crippen LogP contribution in [0.15, 0.2) is 24.3 Å². The van der Waals surface area contributed by atoms with Crippen LogP contribution in [0.1, 0.15) is 6.92 Å². The predicted octanol–water partition coefficient (Wildman–Crippen LogP) is 1.42. The van der Waals surface area contributed by atoms with Gasteiger partial charge in [0.1, 0.15) is 0 Å². The molecule has 1 aromatic carbocycles. The molecule has 1 heterocycles. The van der Waals surface area contributed by atoms with Gasteiger partial charge < -0.3 is 14.7 Å². The van der Waals surface area contributed by atoms with Crippen LogP contribution in [0.5, 0.6) is 0 Å². The maximum absolute atomic E-state index is 11.4. The molecule has 2 rings (SSSR count). The van der Waals surface area contributed by atoms with Gasteiger partial charge in [-0.1, -0.05) is 6.07 Å². The largest absolute Gasteiger partial charge is 0.369 e. The van der Waals surface area contributed by atoms with Crippen LogP contribution in [0, 0.1) is 0 Å². The summed E-state index contributed by atoms with van der Waals surface area (Å²) >= 11 is 0. The van der Waals surface area contributed by atoms with Crippen LogP contribution in [0.3, 0.4) is 0 Å². The Morgan fingerprint density at radius 2 is 1.89 bits per heavy atom. The number of piperazine rings is 1. The molecule has 1 aliphatic heterocycles. The molecule has 98 valence electrons. The molecular weight excluding hydrogens is 226 g/mol. The molecule has 0 aliphatic carbocycles. The fourth-order valence-electron chi connectivity index (χ4n) is 2.14. The van der Waals surface area contributed by atoms with Gasteiger partial charge in [-0.25, -0.2) is 0 Å². The lowest BCUT2D eigenvalue weighted by molar-refractivity contribution is -0.116. The van der Waals surface area contributed by atoms with E-state index in [1.54, 1.807) is 11.8 Å². The smallest absolute Gasteiger partial charge is 0.223 e. The lowest BCUT2D eigenvalue weighted by Gasteiger charge is -2.34. The second-order valence-corrected chi connectivity index (χ2v) is 4.89. The van der Waals surface area contributed by atoms with Gasteiger partial charge in [0, 0.05) is 51.5 Å². The molecule has 4 nitrogen and oxygen atoms in total. The molecule has 18 heavy (non-hydrogen) atoms. The summed E-state index contributed by atoms with van der Waals surface area (Å²) in [4.78, 5) is 17.8. The zero-order valence-electron chi connectivity index (χ0n) is 11.4. The van der Waals surface area contributed by atoms with E-state index >= 15 is 0 Å². The van der Waals surface area contributed by atoms with E-state index in [-0.39, 0.29) is 5.91 Å². The highest BCUT2D eigenvalue weighted by atomic mass is 16.2. The first kappa shape index (κ1) is 12.9. The molecule has 1 fully saturated rings. The maximum Gasteiger partial charge on any atom is 0.223 e. The first-order chi connectivity index (χ1) is 8.58. The Morgan fingerprint density at radius 3 is 2.50 bits per heavy atom. The van der Waals surface area contributed by atoms with Crippen molar-refractivity contribution in [2.75, 3.05) is 50.1 Å². The van der Waals surface area contributed by atoms with Gasteiger partial charge in [0.25, 0.3) is 0 Å². The number of nitrogens with zero attached hydrogens (tertiary/aromatic N) is 3. The SMILES string of the molecule is CC(=O)N(C)c1cccc(N2CCN(C)CC2)c1. The Kier molecular flexibility index (Phi) is 3.87. The standard InChI is InChI=1S/C14H21N3O/c1-12(18)16(3)13-5-4-6-14(11-13)17-9-7-15(2)8-10-17/h4-6,11H,7-10H2,1-3H3. The van der Waals surface area contributed by atoms with E-state index < -0.39 is 0 Å². The first-order valence-corrected chi connectivity index (χ1v) is 6.36. The third-order valence-electron chi connectivity index (χ3n) is 3.56. The van der Waals surface area contributed by atoms with Gasteiger partial charge in [0.05, 0.1) is 0 Å². The molecule has 1 saturated heterocycles. The summed E-state index contributed by atoms with van der Waals surface area (Å²) in [6.07, 6.45) is 0. The topological polar surface area (TPSA) is 26.8 Å². The monoisotopic (exact) mass is 247 g/mol. The number of anilines is 2. The van der Waals surface area contributed by atoms with Crippen molar-refractivity contribution in [3.63, 3.8) is 0 Å². The van der Waals surface area contributed by atoms with Crippen LogP contribution in [-0.2, 0) is 4.79 Å². The Hall–Kier alpha value is -1.55. The molecule has 4 heteroatoms. The second-order valence-electron chi connectivity index (χ2n) is 4.89. The summed E-state index contributed by atoms with van der Waals surface area (Å²) < 4.78 is 0. The Bertz CT molecular complexity index is 425. The maximum atomic E-state index is 11.4. The molecule has 0 atom stereocenters. The van der Waals surface area contributed by atoms with Crippen LogP contribution < -0.4 is 9.80 Å². The van der Waals surface area contributed by atoms with Crippen LogP contribution in [0.25, 0.3) is 0 Å². The summed E-state index contributed by atoms with van der Waals surface area (Å²) in [6.45, 7) is 5.86. The highest BCUT2D eigenvalue weighted by Gasteiger charge is 2.15. The molecule has 0 aromatic heterocycles. The van der Waals surface area contributed by atoms with E-state index in [9.17, 15) is 4.79 Å². The molecule has 0 unspecified atom stereocenters. The molecule has 0 bridgehead atoms.